The molecule has 0 bridgehead atoms. The molecule has 4 nitrogen and oxygen atoms in total. The number of hydrogen-bond donors (Lipinski definition) is 0. The standard InChI is InChI=1S/C14H16ClN3O/c1-18(14-7-6-12(9-15)16-17-14)10-11-4-3-5-13(8-11)19-2/h3-8H,9-10H2,1-2H3. The second kappa shape index (κ2) is 6.38. The van der Waals surface area contributed by atoms with Crippen molar-refractivity contribution >= 4 is 17.4 Å². The van der Waals surface area contributed by atoms with Gasteiger partial charge in [0.25, 0.3) is 0 Å². The summed E-state index contributed by atoms with van der Waals surface area (Å²) in [5, 5.41) is 8.19. The lowest BCUT2D eigenvalue weighted by molar-refractivity contribution is 0.414. The van der Waals surface area contributed by atoms with Crippen LogP contribution < -0.4 is 9.64 Å². The van der Waals surface area contributed by atoms with E-state index in [1.54, 1.807) is 7.11 Å². The number of halogens is 1. The van der Waals surface area contributed by atoms with Gasteiger partial charge in [-0.25, -0.2) is 0 Å². The predicted molar refractivity (Wildman–Crippen MR) is 76.7 cm³/mol. The van der Waals surface area contributed by atoms with E-state index in [-0.39, 0.29) is 0 Å². The van der Waals surface area contributed by atoms with Crippen LogP contribution >= 0.6 is 11.6 Å². The third-order valence-corrected chi connectivity index (χ3v) is 3.06. The average molecular weight is 278 g/mol. The van der Waals surface area contributed by atoms with Crippen molar-refractivity contribution in [3.63, 3.8) is 0 Å². The SMILES string of the molecule is COc1cccc(CN(C)c2ccc(CCl)nn2)c1. The zero-order valence-corrected chi connectivity index (χ0v) is 11.8. The molecule has 0 saturated carbocycles. The minimum Gasteiger partial charge on any atom is -0.497 e. The Kier molecular flexibility index (Phi) is 4.58. The molecule has 19 heavy (non-hydrogen) atoms. The lowest BCUT2D eigenvalue weighted by Crippen LogP contribution is -2.18. The minimum absolute atomic E-state index is 0.382. The fraction of sp³-hybridized carbons (Fsp3) is 0.286. The number of methoxy groups -OCH3 is 1. The fourth-order valence-corrected chi connectivity index (χ4v) is 1.90. The van der Waals surface area contributed by atoms with Gasteiger partial charge in [0.2, 0.25) is 0 Å². The van der Waals surface area contributed by atoms with Gasteiger partial charge in [0.05, 0.1) is 18.7 Å². The summed E-state index contributed by atoms with van der Waals surface area (Å²) in [6.07, 6.45) is 0. The van der Waals surface area contributed by atoms with Crippen LogP contribution in [0.25, 0.3) is 0 Å². The van der Waals surface area contributed by atoms with Crippen LogP contribution in [0.4, 0.5) is 5.82 Å². The summed E-state index contributed by atoms with van der Waals surface area (Å²) < 4.78 is 5.21. The molecule has 0 aliphatic heterocycles. The first kappa shape index (κ1) is 13.6. The Morgan fingerprint density at radius 2 is 2.05 bits per heavy atom. The first-order chi connectivity index (χ1) is 9.22. The van der Waals surface area contributed by atoms with Crippen LogP contribution in [0.3, 0.4) is 0 Å². The molecule has 0 amide bonds. The second-order valence-corrected chi connectivity index (χ2v) is 4.49. The van der Waals surface area contributed by atoms with E-state index < -0.39 is 0 Å². The highest BCUT2D eigenvalue weighted by Gasteiger charge is 2.05. The highest BCUT2D eigenvalue weighted by atomic mass is 35.5. The molecule has 0 aliphatic carbocycles. The average Bonchev–Trinajstić information content (AvgIpc) is 2.47. The van der Waals surface area contributed by atoms with Crippen LogP contribution in [0.15, 0.2) is 36.4 Å². The van der Waals surface area contributed by atoms with Crippen molar-refractivity contribution in [2.45, 2.75) is 12.4 Å². The number of anilines is 1. The van der Waals surface area contributed by atoms with Gasteiger partial charge in [-0.05, 0) is 29.8 Å². The van der Waals surface area contributed by atoms with Crippen molar-refractivity contribution in [3.05, 3.63) is 47.7 Å². The van der Waals surface area contributed by atoms with Crippen molar-refractivity contribution < 1.29 is 4.74 Å². The molecule has 1 heterocycles. The van der Waals surface area contributed by atoms with Crippen molar-refractivity contribution in [3.8, 4) is 5.75 Å². The molecule has 0 fully saturated rings. The largest absolute Gasteiger partial charge is 0.497 e. The van der Waals surface area contributed by atoms with Gasteiger partial charge in [0, 0.05) is 13.6 Å². The highest BCUT2D eigenvalue weighted by Crippen LogP contribution is 2.16. The van der Waals surface area contributed by atoms with Crippen molar-refractivity contribution in [2.24, 2.45) is 0 Å². The van der Waals surface area contributed by atoms with Crippen LogP contribution in [-0.2, 0) is 12.4 Å². The van der Waals surface area contributed by atoms with E-state index in [1.807, 2.05) is 42.3 Å². The Morgan fingerprint density at radius 3 is 2.68 bits per heavy atom. The highest BCUT2D eigenvalue weighted by molar-refractivity contribution is 6.16. The summed E-state index contributed by atoms with van der Waals surface area (Å²) in [5.74, 6) is 2.05. The first-order valence-electron chi connectivity index (χ1n) is 5.95. The molecule has 100 valence electrons. The van der Waals surface area contributed by atoms with Gasteiger partial charge < -0.3 is 9.64 Å². The lowest BCUT2D eigenvalue weighted by Gasteiger charge is -2.18. The van der Waals surface area contributed by atoms with Gasteiger partial charge in [0.1, 0.15) is 5.75 Å². The maximum Gasteiger partial charge on any atom is 0.151 e. The number of aromatic nitrogens is 2. The van der Waals surface area contributed by atoms with E-state index in [2.05, 4.69) is 16.3 Å². The Labute approximate surface area is 118 Å². The summed E-state index contributed by atoms with van der Waals surface area (Å²) in [6.45, 7) is 0.742. The van der Waals surface area contributed by atoms with Crippen LogP contribution in [0.2, 0.25) is 0 Å². The number of hydrogen-bond acceptors (Lipinski definition) is 4. The predicted octanol–water partition coefficient (Wildman–Crippen LogP) is 2.86. The molecule has 0 atom stereocenters. The van der Waals surface area contributed by atoms with E-state index in [0.717, 1.165) is 29.4 Å². The molecule has 0 N–H and O–H groups in total. The number of rotatable bonds is 5. The molecule has 0 unspecified atom stereocenters. The maximum absolute atomic E-state index is 5.69. The van der Waals surface area contributed by atoms with E-state index in [4.69, 9.17) is 16.3 Å². The van der Waals surface area contributed by atoms with Crippen molar-refractivity contribution in [2.75, 3.05) is 19.1 Å². The van der Waals surface area contributed by atoms with Crippen LogP contribution in [0, 0.1) is 0 Å². The number of ether oxygens (including phenoxy) is 1. The Morgan fingerprint density at radius 1 is 1.21 bits per heavy atom. The first-order valence-corrected chi connectivity index (χ1v) is 6.49. The molecule has 1 aromatic carbocycles. The van der Waals surface area contributed by atoms with Gasteiger partial charge in [-0.1, -0.05) is 12.1 Å². The van der Waals surface area contributed by atoms with Crippen molar-refractivity contribution in [1.29, 1.82) is 0 Å². The number of nitrogens with zero attached hydrogens (tertiary/aromatic N) is 3. The molecular weight excluding hydrogens is 262 g/mol. The van der Waals surface area contributed by atoms with E-state index in [1.165, 1.54) is 0 Å². The molecule has 0 saturated heterocycles. The monoisotopic (exact) mass is 277 g/mol. The molecule has 1 aromatic heterocycles. The Bertz CT molecular complexity index is 530. The van der Waals surface area contributed by atoms with Gasteiger partial charge in [-0.3, -0.25) is 0 Å². The number of alkyl halides is 1. The van der Waals surface area contributed by atoms with Gasteiger partial charge in [0.15, 0.2) is 5.82 Å². The fourth-order valence-electron chi connectivity index (χ4n) is 1.75. The minimum atomic E-state index is 0.382. The lowest BCUT2D eigenvalue weighted by atomic mass is 10.2. The van der Waals surface area contributed by atoms with E-state index in [9.17, 15) is 0 Å². The van der Waals surface area contributed by atoms with E-state index >= 15 is 0 Å². The summed E-state index contributed by atoms with van der Waals surface area (Å²) in [7, 11) is 3.64. The van der Waals surface area contributed by atoms with Crippen molar-refractivity contribution in [1.82, 2.24) is 10.2 Å². The summed E-state index contributed by atoms with van der Waals surface area (Å²) >= 11 is 5.69. The maximum atomic E-state index is 5.69. The smallest absolute Gasteiger partial charge is 0.151 e. The Hall–Kier alpha value is -1.81. The quantitative estimate of drug-likeness (QED) is 0.788. The molecule has 2 rings (SSSR count). The summed E-state index contributed by atoms with van der Waals surface area (Å²) in [5.41, 5.74) is 1.94. The molecule has 0 spiro atoms. The normalized spacial score (nSPS) is 10.3. The second-order valence-electron chi connectivity index (χ2n) is 4.22. The summed E-state index contributed by atoms with van der Waals surface area (Å²) in [4.78, 5) is 2.03. The topological polar surface area (TPSA) is 38.2 Å². The van der Waals surface area contributed by atoms with Crippen LogP contribution in [0.1, 0.15) is 11.3 Å². The van der Waals surface area contributed by atoms with Gasteiger partial charge in [-0.2, -0.15) is 5.10 Å². The number of benzene rings is 1. The Balaban J connectivity index is 2.08. The molecule has 5 heteroatoms. The third-order valence-electron chi connectivity index (χ3n) is 2.79. The van der Waals surface area contributed by atoms with Gasteiger partial charge in [-0.15, -0.1) is 16.7 Å². The van der Waals surface area contributed by atoms with E-state index in [0.29, 0.717) is 5.88 Å². The molecule has 0 aliphatic rings. The molecular formula is C14H16ClN3O. The molecule has 0 radical (unpaired) electrons. The van der Waals surface area contributed by atoms with Gasteiger partial charge >= 0.3 is 0 Å². The van der Waals surface area contributed by atoms with Crippen LogP contribution in [-0.4, -0.2) is 24.4 Å². The summed E-state index contributed by atoms with van der Waals surface area (Å²) in [6, 6.07) is 11.8. The van der Waals surface area contributed by atoms with Crippen LogP contribution in [0.5, 0.6) is 5.75 Å². The zero-order chi connectivity index (χ0) is 13.7. The zero-order valence-electron chi connectivity index (χ0n) is 11.0. The molecule has 2 aromatic rings. The third kappa shape index (κ3) is 3.58.